The summed E-state index contributed by atoms with van der Waals surface area (Å²) < 4.78 is 0. The second-order valence-corrected chi connectivity index (χ2v) is 6.70. The number of fused-ring (bicyclic) bond motifs is 1. The van der Waals surface area contributed by atoms with Crippen LogP contribution in [0.25, 0.3) is 10.8 Å². The van der Waals surface area contributed by atoms with Crippen LogP contribution < -0.4 is 5.32 Å². The fourth-order valence-electron chi connectivity index (χ4n) is 3.13. The molecule has 0 aliphatic carbocycles. The first-order chi connectivity index (χ1) is 11.5. The van der Waals surface area contributed by atoms with Gasteiger partial charge in [-0.1, -0.05) is 42.5 Å². The number of amides is 2. The highest BCUT2D eigenvalue weighted by Crippen LogP contribution is 2.29. The molecule has 2 amide bonds. The first-order valence-electron chi connectivity index (χ1n) is 8.22. The smallest absolute Gasteiger partial charge is 0.317 e. The monoisotopic (exact) mass is 326 g/mol. The van der Waals surface area contributed by atoms with Crippen molar-refractivity contribution in [3.05, 3.63) is 48.0 Å². The van der Waals surface area contributed by atoms with E-state index < -0.39 is 11.4 Å². The van der Waals surface area contributed by atoms with E-state index in [4.69, 9.17) is 0 Å². The standard InChI is InChI=1S/C19H22N2O3/c1-19(17(22)23)9-11-21(13-19)18(24)20-10-8-14-6-7-15-4-2-3-5-16(15)12-14/h2-7,12H,8-11,13H2,1H3,(H,20,24)(H,22,23). The number of urea groups is 1. The van der Waals surface area contributed by atoms with Crippen molar-refractivity contribution in [1.29, 1.82) is 0 Å². The van der Waals surface area contributed by atoms with E-state index in [-0.39, 0.29) is 12.6 Å². The van der Waals surface area contributed by atoms with Crippen LogP contribution >= 0.6 is 0 Å². The molecule has 5 heteroatoms. The van der Waals surface area contributed by atoms with Gasteiger partial charge in [0.15, 0.2) is 0 Å². The van der Waals surface area contributed by atoms with Crippen LogP contribution in [-0.4, -0.2) is 41.6 Å². The van der Waals surface area contributed by atoms with Crippen molar-refractivity contribution in [2.24, 2.45) is 5.41 Å². The van der Waals surface area contributed by atoms with E-state index in [1.807, 2.05) is 12.1 Å². The Morgan fingerprint density at radius 1 is 1.21 bits per heavy atom. The van der Waals surface area contributed by atoms with Crippen molar-refractivity contribution in [2.75, 3.05) is 19.6 Å². The van der Waals surface area contributed by atoms with Gasteiger partial charge in [-0.25, -0.2) is 4.79 Å². The molecule has 1 fully saturated rings. The van der Waals surface area contributed by atoms with Crippen molar-refractivity contribution >= 4 is 22.8 Å². The summed E-state index contributed by atoms with van der Waals surface area (Å²) in [7, 11) is 0. The largest absolute Gasteiger partial charge is 0.481 e. The Bertz CT molecular complexity index is 774. The number of benzene rings is 2. The van der Waals surface area contributed by atoms with Gasteiger partial charge in [0.1, 0.15) is 0 Å². The maximum atomic E-state index is 12.2. The third-order valence-corrected chi connectivity index (χ3v) is 4.78. The molecule has 0 spiro atoms. The summed E-state index contributed by atoms with van der Waals surface area (Å²) in [6.45, 7) is 2.99. The van der Waals surface area contributed by atoms with Gasteiger partial charge in [-0.2, -0.15) is 0 Å². The van der Waals surface area contributed by atoms with Gasteiger partial charge in [0, 0.05) is 19.6 Å². The Morgan fingerprint density at radius 3 is 2.67 bits per heavy atom. The minimum atomic E-state index is -0.839. The number of carbonyl (C=O) groups excluding carboxylic acids is 1. The number of aliphatic carboxylic acids is 1. The van der Waals surface area contributed by atoms with Gasteiger partial charge in [0.2, 0.25) is 0 Å². The number of hydrogen-bond acceptors (Lipinski definition) is 2. The van der Waals surface area contributed by atoms with Crippen LogP contribution in [0.5, 0.6) is 0 Å². The zero-order chi connectivity index (χ0) is 17.2. The van der Waals surface area contributed by atoms with Crippen LogP contribution in [0.1, 0.15) is 18.9 Å². The molecule has 2 aromatic rings. The third kappa shape index (κ3) is 3.35. The molecule has 1 aliphatic rings. The van der Waals surface area contributed by atoms with Gasteiger partial charge in [-0.05, 0) is 36.1 Å². The Hall–Kier alpha value is -2.56. The maximum Gasteiger partial charge on any atom is 0.317 e. The molecule has 1 atom stereocenters. The topological polar surface area (TPSA) is 69.6 Å². The van der Waals surface area contributed by atoms with Gasteiger partial charge >= 0.3 is 12.0 Å². The van der Waals surface area contributed by atoms with E-state index in [9.17, 15) is 14.7 Å². The van der Waals surface area contributed by atoms with E-state index in [0.29, 0.717) is 19.5 Å². The molecule has 0 radical (unpaired) electrons. The van der Waals surface area contributed by atoms with Crippen molar-refractivity contribution in [2.45, 2.75) is 19.8 Å². The van der Waals surface area contributed by atoms with Crippen LogP contribution in [0.4, 0.5) is 4.79 Å². The first kappa shape index (κ1) is 16.3. The summed E-state index contributed by atoms with van der Waals surface area (Å²) in [4.78, 5) is 25.0. The van der Waals surface area contributed by atoms with Gasteiger partial charge in [-0.15, -0.1) is 0 Å². The minimum absolute atomic E-state index is 0.180. The number of carboxylic acids is 1. The summed E-state index contributed by atoms with van der Waals surface area (Å²) in [6, 6.07) is 14.3. The molecule has 1 saturated heterocycles. The van der Waals surface area contributed by atoms with E-state index in [0.717, 1.165) is 6.42 Å². The molecular formula is C19H22N2O3. The number of carboxylic acid groups (broad SMARTS) is 1. The molecule has 0 aromatic heterocycles. The van der Waals surface area contributed by atoms with Crippen LogP contribution in [0.3, 0.4) is 0 Å². The molecule has 1 heterocycles. The first-order valence-corrected chi connectivity index (χ1v) is 8.22. The van der Waals surface area contributed by atoms with E-state index in [1.165, 1.54) is 16.3 Å². The number of carbonyl (C=O) groups is 2. The van der Waals surface area contributed by atoms with E-state index >= 15 is 0 Å². The fraction of sp³-hybridized carbons (Fsp3) is 0.368. The molecular weight excluding hydrogens is 304 g/mol. The second kappa shape index (κ2) is 6.51. The van der Waals surface area contributed by atoms with Gasteiger partial charge in [-0.3, -0.25) is 4.79 Å². The Morgan fingerprint density at radius 2 is 1.96 bits per heavy atom. The summed E-state index contributed by atoms with van der Waals surface area (Å²) in [5.41, 5.74) is 0.348. The summed E-state index contributed by atoms with van der Waals surface area (Å²) >= 11 is 0. The van der Waals surface area contributed by atoms with Crippen molar-refractivity contribution < 1.29 is 14.7 Å². The Balaban J connectivity index is 1.52. The lowest BCUT2D eigenvalue weighted by molar-refractivity contribution is -0.146. The molecule has 2 aromatic carbocycles. The normalized spacial score (nSPS) is 20.3. The second-order valence-electron chi connectivity index (χ2n) is 6.70. The fourth-order valence-corrected chi connectivity index (χ4v) is 3.13. The molecule has 3 rings (SSSR count). The molecule has 1 aliphatic heterocycles. The van der Waals surface area contributed by atoms with Crippen molar-refractivity contribution in [3.63, 3.8) is 0 Å². The Kier molecular flexibility index (Phi) is 4.42. The van der Waals surface area contributed by atoms with E-state index in [2.05, 4.69) is 35.6 Å². The third-order valence-electron chi connectivity index (χ3n) is 4.78. The number of nitrogens with one attached hydrogen (secondary N) is 1. The van der Waals surface area contributed by atoms with Gasteiger partial charge < -0.3 is 15.3 Å². The van der Waals surface area contributed by atoms with Crippen molar-refractivity contribution in [1.82, 2.24) is 10.2 Å². The molecule has 5 nitrogen and oxygen atoms in total. The Labute approximate surface area is 141 Å². The highest BCUT2D eigenvalue weighted by atomic mass is 16.4. The van der Waals surface area contributed by atoms with Crippen LogP contribution in [-0.2, 0) is 11.2 Å². The van der Waals surface area contributed by atoms with Gasteiger partial charge in [0.25, 0.3) is 0 Å². The molecule has 2 N–H and O–H groups in total. The number of nitrogens with zero attached hydrogens (tertiary/aromatic N) is 1. The van der Waals surface area contributed by atoms with Crippen LogP contribution in [0, 0.1) is 5.41 Å². The molecule has 0 saturated carbocycles. The minimum Gasteiger partial charge on any atom is -0.481 e. The van der Waals surface area contributed by atoms with E-state index in [1.54, 1.807) is 11.8 Å². The highest BCUT2D eigenvalue weighted by Gasteiger charge is 2.42. The van der Waals surface area contributed by atoms with Crippen LogP contribution in [0.15, 0.2) is 42.5 Å². The lowest BCUT2D eigenvalue weighted by Gasteiger charge is -2.20. The SMILES string of the molecule is CC1(C(=O)O)CCN(C(=O)NCCc2ccc3ccccc3c2)C1. The zero-order valence-corrected chi connectivity index (χ0v) is 13.8. The van der Waals surface area contributed by atoms with Gasteiger partial charge in [0.05, 0.1) is 5.41 Å². The predicted molar refractivity (Wildman–Crippen MR) is 93.0 cm³/mol. The lowest BCUT2D eigenvalue weighted by atomic mass is 9.90. The zero-order valence-electron chi connectivity index (χ0n) is 13.8. The highest BCUT2D eigenvalue weighted by molar-refractivity contribution is 5.83. The summed E-state index contributed by atoms with van der Waals surface area (Å²) in [5.74, 6) is -0.839. The maximum absolute atomic E-state index is 12.2. The average Bonchev–Trinajstić information content (AvgIpc) is 2.99. The number of rotatable bonds is 4. The lowest BCUT2D eigenvalue weighted by Crippen LogP contribution is -2.41. The predicted octanol–water partition coefficient (Wildman–Crippen LogP) is 2.89. The number of likely N-dealkylation sites (tertiary alicyclic amines) is 1. The van der Waals surface area contributed by atoms with Crippen LogP contribution in [0.2, 0.25) is 0 Å². The number of hydrogen-bond donors (Lipinski definition) is 2. The quantitative estimate of drug-likeness (QED) is 0.907. The van der Waals surface area contributed by atoms with Crippen molar-refractivity contribution in [3.8, 4) is 0 Å². The molecule has 24 heavy (non-hydrogen) atoms. The molecule has 0 bridgehead atoms. The molecule has 126 valence electrons. The molecule has 1 unspecified atom stereocenters. The average molecular weight is 326 g/mol. The summed E-state index contributed by atoms with van der Waals surface area (Å²) in [6.07, 6.45) is 1.25. The summed E-state index contributed by atoms with van der Waals surface area (Å²) in [5, 5.41) is 14.5.